The molecule has 0 atom stereocenters. The Morgan fingerprint density at radius 3 is 2.52 bits per heavy atom. The summed E-state index contributed by atoms with van der Waals surface area (Å²) in [6.07, 6.45) is 2.44. The number of urea groups is 1. The molecule has 0 aliphatic carbocycles. The molecule has 0 bridgehead atoms. The first-order chi connectivity index (χ1) is 9.96. The molecule has 0 unspecified atom stereocenters. The predicted octanol–water partition coefficient (Wildman–Crippen LogP) is 3.44. The van der Waals surface area contributed by atoms with Gasteiger partial charge in [-0.25, -0.2) is 9.18 Å². The number of anilines is 1. The number of carbonyl (C=O) groups is 1. The lowest BCUT2D eigenvalue weighted by Gasteiger charge is -2.31. The number of hydrogen-bond acceptors (Lipinski definition) is 2. The fourth-order valence-electron chi connectivity index (χ4n) is 2.38. The molecule has 5 heteroatoms. The molecule has 1 aromatic carbocycles. The molecule has 21 heavy (non-hydrogen) atoms. The second-order valence-electron chi connectivity index (χ2n) is 5.45. The summed E-state index contributed by atoms with van der Waals surface area (Å²) < 4.78 is 13.0. The Kier molecular flexibility index (Phi) is 6.62. The van der Waals surface area contributed by atoms with Gasteiger partial charge in [0, 0.05) is 18.8 Å². The van der Waals surface area contributed by atoms with Crippen molar-refractivity contribution < 1.29 is 14.3 Å². The Hall–Kier alpha value is -1.62. The van der Waals surface area contributed by atoms with E-state index >= 15 is 0 Å². The summed E-state index contributed by atoms with van der Waals surface area (Å²) in [5, 5.41) is 14.7. The Labute approximate surface area is 125 Å². The summed E-state index contributed by atoms with van der Waals surface area (Å²) in [7, 11) is 0. The lowest BCUT2D eigenvalue weighted by Crippen LogP contribution is -2.39. The van der Waals surface area contributed by atoms with E-state index in [4.69, 9.17) is 5.11 Å². The fraction of sp³-hybridized carbons (Fsp3) is 0.562. The summed E-state index contributed by atoms with van der Waals surface area (Å²) in [6, 6.07) is 3.93. The van der Waals surface area contributed by atoms with Crippen molar-refractivity contribution in [2.45, 2.75) is 40.0 Å². The van der Waals surface area contributed by atoms with Crippen LogP contribution in [0.4, 0.5) is 14.9 Å². The van der Waals surface area contributed by atoms with E-state index in [0.29, 0.717) is 24.2 Å². The average molecular weight is 296 g/mol. The normalized spacial score (nSPS) is 11.3. The Morgan fingerprint density at radius 1 is 1.33 bits per heavy atom. The summed E-state index contributed by atoms with van der Waals surface area (Å²) in [4.78, 5) is 12.0. The van der Waals surface area contributed by atoms with Crippen LogP contribution in [0.25, 0.3) is 0 Å². The monoisotopic (exact) mass is 296 g/mol. The van der Waals surface area contributed by atoms with Crippen molar-refractivity contribution in [2.75, 3.05) is 18.5 Å². The number of aliphatic hydroxyl groups is 1. The van der Waals surface area contributed by atoms with Crippen molar-refractivity contribution >= 4 is 11.7 Å². The standard InChI is InChI=1S/C16H25FN2O2/c1-4-16(5-2,8-9-20)11-18-15(21)19-14-7-6-13(17)10-12(14)3/h6-7,10,20H,4-5,8-9,11H2,1-3H3,(H2,18,19,21). The highest BCUT2D eigenvalue weighted by atomic mass is 19.1. The van der Waals surface area contributed by atoms with Gasteiger partial charge in [0.1, 0.15) is 5.82 Å². The van der Waals surface area contributed by atoms with E-state index in [1.807, 2.05) is 0 Å². The van der Waals surface area contributed by atoms with E-state index in [1.54, 1.807) is 13.0 Å². The number of carbonyl (C=O) groups excluding carboxylic acids is 1. The largest absolute Gasteiger partial charge is 0.396 e. The highest BCUT2D eigenvalue weighted by Crippen LogP contribution is 2.29. The van der Waals surface area contributed by atoms with E-state index in [-0.39, 0.29) is 23.9 Å². The smallest absolute Gasteiger partial charge is 0.319 e. The highest BCUT2D eigenvalue weighted by Gasteiger charge is 2.26. The SMILES string of the molecule is CCC(CC)(CCO)CNC(=O)Nc1ccc(F)cc1C. The topological polar surface area (TPSA) is 61.4 Å². The van der Waals surface area contributed by atoms with Crippen LogP contribution in [0.3, 0.4) is 0 Å². The molecule has 1 rings (SSSR count). The quantitative estimate of drug-likeness (QED) is 0.721. The van der Waals surface area contributed by atoms with Crippen LogP contribution in [0.5, 0.6) is 0 Å². The van der Waals surface area contributed by atoms with Crippen molar-refractivity contribution in [3.05, 3.63) is 29.6 Å². The van der Waals surface area contributed by atoms with Crippen LogP contribution in [0.15, 0.2) is 18.2 Å². The molecule has 0 radical (unpaired) electrons. The molecule has 0 aliphatic heterocycles. The maximum atomic E-state index is 13.0. The zero-order valence-electron chi connectivity index (χ0n) is 13.0. The number of halogens is 1. The van der Waals surface area contributed by atoms with Gasteiger partial charge in [0.2, 0.25) is 0 Å². The van der Waals surface area contributed by atoms with Gasteiger partial charge < -0.3 is 15.7 Å². The van der Waals surface area contributed by atoms with Crippen LogP contribution >= 0.6 is 0 Å². The molecule has 0 spiro atoms. The minimum Gasteiger partial charge on any atom is -0.396 e. The van der Waals surface area contributed by atoms with E-state index in [1.165, 1.54) is 12.1 Å². The number of hydrogen-bond donors (Lipinski definition) is 3. The third kappa shape index (κ3) is 5.01. The number of amides is 2. The molecule has 0 saturated carbocycles. The molecule has 118 valence electrons. The molecule has 0 saturated heterocycles. The van der Waals surface area contributed by atoms with Gasteiger partial charge in [-0.2, -0.15) is 0 Å². The van der Waals surface area contributed by atoms with E-state index in [9.17, 15) is 9.18 Å². The van der Waals surface area contributed by atoms with Gasteiger partial charge in [0.05, 0.1) is 0 Å². The maximum absolute atomic E-state index is 13.0. The number of rotatable bonds is 7. The molecular weight excluding hydrogens is 271 g/mol. The van der Waals surface area contributed by atoms with Crippen molar-refractivity contribution in [1.82, 2.24) is 5.32 Å². The van der Waals surface area contributed by atoms with E-state index < -0.39 is 0 Å². The van der Waals surface area contributed by atoms with Crippen molar-refractivity contribution in [3.63, 3.8) is 0 Å². The molecule has 0 heterocycles. The Bertz CT molecular complexity index is 473. The lowest BCUT2D eigenvalue weighted by atomic mass is 9.79. The molecule has 4 nitrogen and oxygen atoms in total. The van der Waals surface area contributed by atoms with Gasteiger partial charge in [-0.1, -0.05) is 13.8 Å². The number of aryl methyl sites for hydroxylation is 1. The summed E-state index contributed by atoms with van der Waals surface area (Å²) in [6.45, 7) is 6.48. The molecule has 0 fully saturated rings. The zero-order chi connectivity index (χ0) is 15.9. The van der Waals surface area contributed by atoms with Gasteiger partial charge >= 0.3 is 6.03 Å². The number of benzene rings is 1. The first kappa shape index (κ1) is 17.4. The third-order valence-corrected chi connectivity index (χ3v) is 4.20. The zero-order valence-corrected chi connectivity index (χ0v) is 13.0. The minimum atomic E-state index is -0.322. The van der Waals surface area contributed by atoms with Gasteiger partial charge in [0.15, 0.2) is 0 Å². The van der Waals surface area contributed by atoms with Crippen LogP contribution in [0.1, 0.15) is 38.7 Å². The second-order valence-corrected chi connectivity index (χ2v) is 5.45. The van der Waals surface area contributed by atoms with Gasteiger partial charge in [-0.3, -0.25) is 0 Å². The summed E-state index contributed by atoms with van der Waals surface area (Å²) in [5.74, 6) is -0.322. The van der Waals surface area contributed by atoms with Crippen LogP contribution in [-0.2, 0) is 0 Å². The summed E-state index contributed by atoms with van der Waals surface area (Å²) in [5.41, 5.74) is 1.19. The molecule has 0 aliphatic rings. The summed E-state index contributed by atoms with van der Waals surface area (Å²) >= 11 is 0. The molecule has 2 amide bonds. The minimum absolute atomic E-state index is 0.0794. The van der Waals surface area contributed by atoms with Gasteiger partial charge in [-0.05, 0) is 55.4 Å². The first-order valence-corrected chi connectivity index (χ1v) is 7.38. The van der Waals surface area contributed by atoms with Crippen LogP contribution in [-0.4, -0.2) is 24.3 Å². The van der Waals surface area contributed by atoms with Crippen LogP contribution in [0, 0.1) is 18.2 Å². The molecule has 0 aromatic heterocycles. The van der Waals surface area contributed by atoms with Crippen molar-refractivity contribution in [2.24, 2.45) is 5.41 Å². The highest BCUT2D eigenvalue weighted by molar-refractivity contribution is 5.90. The fourth-order valence-corrected chi connectivity index (χ4v) is 2.38. The van der Waals surface area contributed by atoms with Crippen LogP contribution in [0.2, 0.25) is 0 Å². The lowest BCUT2D eigenvalue weighted by molar-refractivity contribution is 0.165. The Morgan fingerprint density at radius 2 is 2.00 bits per heavy atom. The predicted molar refractivity (Wildman–Crippen MR) is 82.9 cm³/mol. The number of aliphatic hydroxyl groups excluding tert-OH is 1. The Balaban J connectivity index is 2.60. The van der Waals surface area contributed by atoms with Crippen LogP contribution < -0.4 is 10.6 Å². The molecule has 3 N–H and O–H groups in total. The first-order valence-electron chi connectivity index (χ1n) is 7.38. The second kappa shape index (κ2) is 7.98. The van der Waals surface area contributed by atoms with Gasteiger partial charge in [0.25, 0.3) is 0 Å². The third-order valence-electron chi connectivity index (χ3n) is 4.20. The van der Waals surface area contributed by atoms with Crippen molar-refractivity contribution in [1.29, 1.82) is 0 Å². The van der Waals surface area contributed by atoms with E-state index in [0.717, 1.165) is 12.8 Å². The molecular formula is C16H25FN2O2. The van der Waals surface area contributed by atoms with E-state index in [2.05, 4.69) is 24.5 Å². The molecule has 1 aromatic rings. The van der Waals surface area contributed by atoms with Crippen molar-refractivity contribution in [3.8, 4) is 0 Å². The average Bonchev–Trinajstić information content (AvgIpc) is 2.46. The maximum Gasteiger partial charge on any atom is 0.319 e. The number of nitrogens with one attached hydrogen (secondary N) is 2. The van der Waals surface area contributed by atoms with Gasteiger partial charge in [-0.15, -0.1) is 0 Å².